The second-order valence-corrected chi connectivity index (χ2v) is 4.47. The number of aromatic amines is 1. The summed E-state index contributed by atoms with van der Waals surface area (Å²) < 4.78 is 25.8. The molecule has 0 radical (unpaired) electrons. The Hall–Kier alpha value is -1.28. The van der Waals surface area contributed by atoms with Crippen molar-refractivity contribution in [2.45, 2.75) is 0 Å². The molecule has 0 aliphatic heterocycles. The molecule has 4 N–H and O–H groups in total. The van der Waals surface area contributed by atoms with Crippen LogP contribution in [0.5, 0.6) is 0 Å². The van der Waals surface area contributed by atoms with Crippen molar-refractivity contribution in [1.82, 2.24) is 14.5 Å². The molecule has 0 aliphatic rings. The summed E-state index contributed by atoms with van der Waals surface area (Å²) in [6, 6.07) is 0. The summed E-state index contributed by atoms with van der Waals surface area (Å²) in [5.74, 6) is 0.175. The van der Waals surface area contributed by atoms with Crippen molar-refractivity contribution in [2.24, 2.45) is 0 Å². The predicted octanol–water partition coefficient (Wildman–Crippen LogP) is -0.790. The lowest BCUT2D eigenvalue weighted by atomic mass is 10.6. The van der Waals surface area contributed by atoms with Crippen LogP contribution in [0.25, 0.3) is 0 Å². The standard InChI is InChI=1S/C5H11N5O2S/c1-10(2)13(11,12)9-5-4(6)3-7-8-5/h3H,6H2,1-2H3,(H2,7,8,9). The maximum atomic E-state index is 11.3. The van der Waals surface area contributed by atoms with Crippen LogP contribution in [0.15, 0.2) is 6.20 Å². The van der Waals surface area contributed by atoms with E-state index in [0.29, 0.717) is 0 Å². The fourth-order valence-corrected chi connectivity index (χ4v) is 1.20. The van der Waals surface area contributed by atoms with E-state index in [4.69, 9.17) is 5.73 Å². The number of aromatic nitrogens is 2. The second kappa shape index (κ2) is 3.23. The Morgan fingerprint density at radius 3 is 2.62 bits per heavy atom. The monoisotopic (exact) mass is 205 g/mol. The summed E-state index contributed by atoms with van der Waals surface area (Å²) in [6.45, 7) is 0. The maximum absolute atomic E-state index is 11.3. The molecule has 0 aromatic carbocycles. The Labute approximate surface area is 76.1 Å². The molecule has 74 valence electrons. The van der Waals surface area contributed by atoms with Crippen LogP contribution in [0.1, 0.15) is 0 Å². The Bertz CT molecular complexity index is 381. The summed E-state index contributed by atoms with van der Waals surface area (Å²) in [7, 11) is -0.688. The van der Waals surface area contributed by atoms with Gasteiger partial charge in [0.25, 0.3) is 0 Å². The van der Waals surface area contributed by atoms with Gasteiger partial charge in [-0.25, -0.2) is 0 Å². The molecule has 0 aliphatic carbocycles. The summed E-state index contributed by atoms with van der Waals surface area (Å²) in [5.41, 5.74) is 5.66. The van der Waals surface area contributed by atoms with Crippen LogP contribution in [0.4, 0.5) is 11.5 Å². The highest BCUT2D eigenvalue weighted by molar-refractivity contribution is 7.90. The van der Waals surface area contributed by atoms with Gasteiger partial charge in [0.2, 0.25) is 0 Å². The molecule has 7 nitrogen and oxygen atoms in total. The molecule has 1 aromatic heterocycles. The number of nitrogens with one attached hydrogen (secondary N) is 2. The zero-order valence-electron chi connectivity index (χ0n) is 7.27. The lowest BCUT2D eigenvalue weighted by Gasteiger charge is -2.11. The van der Waals surface area contributed by atoms with Crippen molar-refractivity contribution in [3.05, 3.63) is 6.20 Å². The third kappa shape index (κ3) is 2.10. The molecule has 1 rings (SSSR count). The molecule has 0 spiro atoms. The molecule has 0 saturated heterocycles. The average molecular weight is 205 g/mol. The fraction of sp³-hybridized carbons (Fsp3) is 0.400. The number of H-pyrrole nitrogens is 1. The zero-order chi connectivity index (χ0) is 10.1. The molecule has 0 bridgehead atoms. The number of anilines is 2. The highest BCUT2D eigenvalue weighted by Crippen LogP contribution is 2.14. The van der Waals surface area contributed by atoms with Gasteiger partial charge in [-0.2, -0.15) is 17.8 Å². The number of rotatable bonds is 3. The van der Waals surface area contributed by atoms with Gasteiger partial charge in [-0.05, 0) is 0 Å². The Kier molecular flexibility index (Phi) is 2.43. The van der Waals surface area contributed by atoms with Crippen molar-refractivity contribution in [3.8, 4) is 0 Å². The summed E-state index contributed by atoms with van der Waals surface area (Å²) in [6.07, 6.45) is 1.33. The smallest absolute Gasteiger partial charge is 0.302 e. The first-order valence-corrected chi connectivity index (χ1v) is 4.86. The molecule has 0 amide bonds. The fourth-order valence-electron chi connectivity index (χ4n) is 0.597. The number of nitrogens with two attached hydrogens (primary N) is 1. The molecule has 0 unspecified atom stereocenters. The van der Waals surface area contributed by atoms with E-state index in [1.807, 2.05) is 0 Å². The number of hydrogen-bond acceptors (Lipinski definition) is 4. The van der Waals surface area contributed by atoms with Gasteiger partial charge in [0.1, 0.15) is 0 Å². The van der Waals surface area contributed by atoms with Crippen LogP contribution < -0.4 is 10.5 Å². The first kappa shape index (κ1) is 9.81. The molecular weight excluding hydrogens is 194 g/mol. The third-order valence-electron chi connectivity index (χ3n) is 1.38. The van der Waals surface area contributed by atoms with Crippen molar-refractivity contribution < 1.29 is 8.42 Å². The number of nitrogen functional groups attached to an aromatic ring is 1. The molecule has 0 saturated carbocycles. The lowest BCUT2D eigenvalue weighted by Crippen LogP contribution is -2.29. The molecule has 8 heteroatoms. The van der Waals surface area contributed by atoms with E-state index in [1.54, 1.807) is 0 Å². The average Bonchev–Trinajstić information content (AvgIpc) is 2.35. The summed E-state index contributed by atoms with van der Waals surface area (Å²) in [5, 5.41) is 5.99. The van der Waals surface area contributed by atoms with Gasteiger partial charge in [-0.1, -0.05) is 0 Å². The van der Waals surface area contributed by atoms with Crippen LogP contribution in [-0.4, -0.2) is 37.0 Å². The van der Waals surface area contributed by atoms with Crippen LogP contribution in [-0.2, 0) is 10.2 Å². The van der Waals surface area contributed by atoms with Gasteiger partial charge in [0, 0.05) is 14.1 Å². The first-order valence-electron chi connectivity index (χ1n) is 3.42. The minimum absolute atomic E-state index is 0.175. The third-order valence-corrected chi connectivity index (χ3v) is 2.80. The maximum Gasteiger partial charge on any atom is 0.302 e. The molecular formula is C5H11N5O2S. The Balaban J connectivity index is 2.88. The SMILES string of the molecule is CN(C)S(=O)(=O)Nc1[nH]ncc1N. The van der Waals surface area contributed by atoms with E-state index in [1.165, 1.54) is 20.3 Å². The lowest BCUT2D eigenvalue weighted by molar-refractivity contribution is 0.526. The minimum atomic E-state index is -3.51. The molecule has 1 aromatic rings. The molecule has 13 heavy (non-hydrogen) atoms. The molecule has 0 atom stereocenters. The first-order chi connectivity index (χ1) is 5.93. The zero-order valence-corrected chi connectivity index (χ0v) is 8.09. The van der Waals surface area contributed by atoms with Crippen LogP contribution >= 0.6 is 0 Å². The summed E-state index contributed by atoms with van der Waals surface area (Å²) >= 11 is 0. The predicted molar refractivity (Wildman–Crippen MR) is 49.2 cm³/mol. The van der Waals surface area contributed by atoms with Gasteiger partial charge in [-0.15, -0.1) is 0 Å². The van der Waals surface area contributed by atoms with E-state index >= 15 is 0 Å². The highest BCUT2D eigenvalue weighted by atomic mass is 32.2. The van der Waals surface area contributed by atoms with Gasteiger partial charge in [0.15, 0.2) is 5.82 Å². The molecule has 1 heterocycles. The summed E-state index contributed by atoms with van der Waals surface area (Å²) in [4.78, 5) is 0. The van der Waals surface area contributed by atoms with Crippen LogP contribution in [0.3, 0.4) is 0 Å². The van der Waals surface area contributed by atoms with E-state index in [2.05, 4.69) is 14.9 Å². The largest absolute Gasteiger partial charge is 0.394 e. The van der Waals surface area contributed by atoms with Crippen LogP contribution in [0, 0.1) is 0 Å². The Morgan fingerprint density at radius 2 is 2.23 bits per heavy atom. The van der Waals surface area contributed by atoms with Crippen molar-refractivity contribution in [1.29, 1.82) is 0 Å². The highest BCUT2D eigenvalue weighted by Gasteiger charge is 2.15. The van der Waals surface area contributed by atoms with Gasteiger partial charge in [-0.3, -0.25) is 9.82 Å². The van der Waals surface area contributed by atoms with E-state index < -0.39 is 10.2 Å². The second-order valence-electron chi connectivity index (χ2n) is 2.59. The molecule has 0 fully saturated rings. The van der Waals surface area contributed by atoms with E-state index in [0.717, 1.165) is 4.31 Å². The number of nitrogens with zero attached hydrogens (tertiary/aromatic N) is 2. The van der Waals surface area contributed by atoms with Crippen molar-refractivity contribution in [3.63, 3.8) is 0 Å². The van der Waals surface area contributed by atoms with Crippen molar-refractivity contribution in [2.75, 3.05) is 24.6 Å². The van der Waals surface area contributed by atoms with Gasteiger partial charge >= 0.3 is 10.2 Å². The van der Waals surface area contributed by atoms with Gasteiger partial charge < -0.3 is 5.73 Å². The van der Waals surface area contributed by atoms with Crippen molar-refractivity contribution >= 4 is 21.7 Å². The Morgan fingerprint density at radius 1 is 1.62 bits per heavy atom. The normalized spacial score (nSPS) is 11.9. The van der Waals surface area contributed by atoms with Crippen LogP contribution in [0.2, 0.25) is 0 Å². The van der Waals surface area contributed by atoms with E-state index in [9.17, 15) is 8.42 Å². The quantitative estimate of drug-likeness (QED) is 0.601. The topological polar surface area (TPSA) is 104 Å². The van der Waals surface area contributed by atoms with Gasteiger partial charge in [0.05, 0.1) is 11.9 Å². The minimum Gasteiger partial charge on any atom is -0.394 e. The van der Waals surface area contributed by atoms with E-state index in [-0.39, 0.29) is 11.5 Å². The number of hydrogen-bond donors (Lipinski definition) is 3.